The number of cyclic esters (lactones) is 1. The third-order valence-electron chi connectivity index (χ3n) is 6.17. The van der Waals surface area contributed by atoms with E-state index in [4.69, 9.17) is 4.74 Å². The zero-order valence-electron chi connectivity index (χ0n) is 12.8. The zero-order valence-corrected chi connectivity index (χ0v) is 12.8. The van der Waals surface area contributed by atoms with E-state index in [-0.39, 0.29) is 12.2 Å². The van der Waals surface area contributed by atoms with Gasteiger partial charge in [-0.25, -0.2) is 4.79 Å². The summed E-state index contributed by atoms with van der Waals surface area (Å²) in [5.74, 6) is 4.09. The third kappa shape index (κ3) is 2.05. The van der Waals surface area contributed by atoms with Crippen LogP contribution < -0.4 is 0 Å². The molecule has 5 aliphatic rings. The van der Waals surface area contributed by atoms with Gasteiger partial charge in [0, 0.05) is 6.04 Å². The number of carbonyl (C=O) groups is 1. The molecule has 0 spiro atoms. The number of amides is 1. The van der Waals surface area contributed by atoms with Crippen LogP contribution in [-0.2, 0) is 4.74 Å². The SMILES string of the molecule is CC(C)CC1CN(C2C3CC4CC(C3)CC2C4)C(=O)O1. The van der Waals surface area contributed by atoms with Crippen molar-refractivity contribution < 1.29 is 9.53 Å². The van der Waals surface area contributed by atoms with Gasteiger partial charge in [0.25, 0.3) is 0 Å². The van der Waals surface area contributed by atoms with Crippen LogP contribution in [0.15, 0.2) is 0 Å². The highest BCUT2D eigenvalue weighted by Gasteiger charge is 2.52. The molecule has 1 saturated heterocycles. The quantitative estimate of drug-likeness (QED) is 0.787. The van der Waals surface area contributed by atoms with E-state index in [1.165, 1.54) is 32.1 Å². The topological polar surface area (TPSA) is 29.5 Å². The van der Waals surface area contributed by atoms with Gasteiger partial charge in [-0.1, -0.05) is 13.8 Å². The summed E-state index contributed by atoms with van der Waals surface area (Å²) in [6.45, 7) is 5.27. The molecule has 5 fully saturated rings. The molecular weight excluding hydrogens is 250 g/mol. The summed E-state index contributed by atoms with van der Waals surface area (Å²) < 4.78 is 5.63. The second kappa shape index (κ2) is 4.64. The van der Waals surface area contributed by atoms with Gasteiger partial charge in [-0.15, -0.1) is 0 Å². The van der Waals surface area contributed by atoms with Gasteiger partial charge < -0.3 is 9.64 Å². The Kier molecular flexibility index (Phi) is 3.01. The van der Waals surface area contributed by atoms with Crippen molar-refractivity contribution in [2.45, 2.75) is 64.5 Å². The van der Waals surface area contributed by atoms with Gasteiger partial charge in [-0.3, -0.25) is 0 Å². The molecule has 0 aromatic carbocycles. The van der Waals surface area contributed by atoms with Crippen LogP contribution in [0.2, 0.25) is 0 Å². The normalized spacial score (nSPS) is 46.4. The fourth-order valence-electron chi connectivity index (χ4n) is 5.84. The molecule has 1 amide bonds. The Morgan fingerprint density at radius 2 is 1.70 bits per heavy atom. The molecule has 1 heterocycles. The molecular formula is C17H27NO2. The minimum Gasteiger partial charge on any atom is -0.444 e. The number of hydrogen-bond donors (Lipinski definition) is 0. The molecule has 0 aromatic rings. The summed E-state index contributed by atoms with van der Waals surface area (Å²) in [4.78, 5) is 14.4. The Labute approximate surface area is 122 Å². The van der Waals surface area contributed by atoms with Crippen LogP contribution in [0.1, 0.15) is 52.4 Å². The molecule has 5 rings (SSSR count). The van der Waals surface area contributed by atoms with Crippen molar-refractivity contribution in [1.82, 2.24) is 4.90 Å². The standard InChI is InChI=1S/C17H27NO2/c1-10(2)3-15-9-18(17(19)20-15)16-13-5-11-4-12(7-13)8-14(16)6-11/h10-16H,3-9H2,1-2H3. The predicted octanol–water partition coefficient (Wildman–Crippen LogP) is 3.68. The lowest BCUT2D eigenvalue weighted by Crippen LogP contribution is -2.56. The maximum absolute atomic E-state index is 12.3. The molecule has 4 aliphatic carbocycles. The second-order valence-corrected chi connectivity index (χ2v) is 8.21. The Morgan fingerprint density at radius 1 is 1.10 bits per heavy atom. The first-order valence-electron chi connectivity index (χ1n) is 8.57. The first-order valence-corrected chi connectivity index (χ1v) is 8.57. The molecule has 4 saturated carbocycles. The average molecular weight is 277 g/mol. The van der Waals surface area contributed by atoms with E-state index in [1.807, 2.05) is 0 Å². The largest absolute Gasteiger partial charge is 0.444 e. The molecule has 1 atom stereocenters. The maximum atomic E-state index is 12.3. The number of nitrogens with zero attached hydrogens (tertiary/aromatic N) is 1. The van der Waals surface area contributed by atoms with Gasteiger partial charge in [-0.05, 0) is 68.1 Å². The van der Waals surface area contributed by atoms with Crippen molar-refractivity contribution in [3.05, 3.63) is 0 Å². The molecule has 112 valence electrons. The Balaban J connectivity index is 1.49. The van der Waals surface area contributed by atoms with E-state index in [0.29, 0.717) is 12.0 Å². The summed E-state index contributed by atoms with van der Waals surface area (Å²) in [6.07, 6.45) is 8.09. The van der Waals surface area contributed by atoms with E-state index >= 15 is 0 Å². The summed E-state index contributed by atoms with van der Waals surface area (Å²) in [5.41, 5.74) is 0. The Hall–Kier alpha value is -0.730. The number of rotatable bonds is 3. The molecule has 3 heteroatoms. The van der Waals surface area contributed by atoms with Crippen molar-refractivity contribution >= 4 is 6.09 Å². The summed E-state index contributed by atoms with van der Waals surface area (Å²) in [6, 6.07) is 0.507. The zero-order chi connectivity index (χ0) is 13.9. The third-order valence-corrected chi connectivity index (χ3v) is 6.17. The van der Waals surface area contributed by atoms with Crippen molar-refractivity contribution in [3.63, 3.8) is 0 Å². The number of hydrogen-bond acceptors (Lipinski definition) is 2. The molecule has 3 nitrogen and oxygen atoms in total. The van der Waals surface area contributed by atoms with Gasteiger partial charge in [-0.2, -0.15) is 0 Å². The minimum absolute atomic E-state index is 0.0203. The van der Waals surface area contributed by atoms with Crippen LogP contribution >= 0.6 is 0 Å². The lowest BCUT2D eigenvalue weighted by atomic mass is 9.54. The average Bonchev–Trinajstić information content (AvgIpc) is 2.68. The van der Waals surface area contributed by atoms with Crippen LogP contribution in [0.25, 0.3) is 0 Å². The lowest BCUT2D eigenvalue weighted by Gasteiger charge is -2.56. The molecule has 0 N–H and O–H groups in total. The molecule has 0 aromatic heterocycles. The highest BCUT2D eigenvalue weighted by atomic mass is 16.6. The Bertz CT molecular complexity index is 378. The van der Waals surface area contributed by atoms with Gasteiger partial charge >= 0.3 is 6.09 Å². The van der Waals surface area contributed by atoms with Gasteiger partial charge in [0.1, 0.15) is 6.10 Å². The van der Waals surface area contributed by atoms with Gasteiger partial charge in [0.2, 0.25) is 0 Å². The van der Waals surface area contributed by atoms with Gasteiger partial charge in [0.15, 0.2) is 0 Å². The van der Waals surface area contributed by atoms with Crippen LogP contribution in [-0.4, -0.2) is 29.7 Å². The lowest BCUT2D eigenvalue weighted by molar-refractivity contribution is -0.0481. The second-order valence-electron chi connectivity index (χ2n) is 8.21. The molecule has 20 heavy (non-hydrogen) atoms. The van der Waals surface area contributed by atoms with Crippen molar-refractivity contribution in [1.29, 1.82) is 0 Å². The van der Waals surface area contributed by atoms with E-state index in [0.717, 1.165) is 36.6 Å². The van der Waals surface area contributed by atoms with Crippen LogP contribution in [0.3, 0.4) is 0 Å². The highest BCUT2D eigenvalue weighted by molar-refractivity contribution is 5.70. The van der Waals surface area contributed by atoms with E-state index < -0.39 is 0 Å². The minimum atomic E-state index is -0.0203. The number of carbonyl (C=O) groups excluding carboxylic acids is 1. The molecule has 4 bridgehead atoms. The summed E-state index contributed by atoms with van der Waals surface area (Å²) in [7, 11) is 0. The fourth-order valence-corrected chi connectivity index (χ4v) is 5.84. The summed E-state index contributed by atoms with van der Waals surface area (Å²) in [5, 5.41) is 0. The fraction of sp³-hybridized carbons (Fsp3) is 0.941. The van der Waals surface area contributed by atoms with E-state index in [2.05, 4.69) is 18.7 Å². The van der Waals surface area contributed by atoms with E-state index in [1.54, 1.807) is 0 Å². The van der Waals surface area contributed by atoms with Crippen LogP contribution in [0.4, 0.5) is 4.79 Å². The smallest absolute Gasteiger partial charge is 0.410 e. The first kappa shape index (κ1) is 13.0. The van der Waals surface area contributed by atoms with Gasteiger partial charge in [0.05, 0.1) is 6.54 Å². The van der Waals surface area contributed by atoms with Crippen molar-refractivity contribution in [2.75, 3.05) is 6.54 Å². The summed E-state index contributed by atoms with van der Waals surface area (Å²) >= 11 is 0. The van der Waals surface area contributed by atoms with Crippen molar-refractivity contribution in [2.24, 2.45) is 29.6 Å². The first-order chi connectivity index (χ1) is 9.60. The molecule has 0 radical (unpaired) electrons. The number of ether oxygens (including phenoxy) is 1. The predicted molar refractivity (Wildman–Crippen MR) is 77.3 cm³/mol. The highest BCUT2D eigenvalue weighted by Crippen LogP contribution is 2.55. The van der Waals surface area contributed by atoms with Crippen molar-refractivity contribution in [3.8, 4) is 0 Å². The van der Waals surface area contributed by atoms with Crippen LogP contribution in [0.5, 0.6) is 0 Å². The monoisotopic (exact) mass is 277 g/mol. The van der Waals surface area contributed by atoms with E-state index in [9.17, 15) is 4.79 Å². The maximum Gasteiger partial charge on any atom is 0.410 e. The Morgan fingerprint density at radius 3 is 2.25 bits per heavy atom. The molecule has 1 aliphatic heterocycles. The van der Waals surface area contributed by atoms with Crippen LogP contribution in [0, 0.1) is 29.6 Å². The molecule has 1 unspecified atom stereocenters.